The van der Waals surface area contributed by atoms with Gasteiger partial charge in [-0.1, -0.05) is 44.9 Å². The van der Waals surface area contributed by atoms with Gasteiger partial charge in [-0.3, -0.25) is 0 Å². The van der Waals surface area contributed by atoms with Gasteiger partial charge in [-0.25, -0.2) is 0 Å². The van der Waals surface area contributed by atoms with Gasteiger partial charge in [0.15, 0.2) is 0 Å². The smallest absolute Gasteiger partial charge is 0.0328 e. The molecule has 1 N–H and O–H groups in total. The van der Waals surface area contributed by atoms with Gasteiger partial charge in [0, 0.05) is 9.61 Å². The molecule has 1 rings (SSSR count). The maximum atomic E-state index is 3.46. The molecular formula is C15H24IN. The van der Waals surface area contributed by atoms with E-state index in [0.717, 1.165) is 5.92 Å². The lowest BCUT2D eigenvalue weighted by Crippen LogP contribution is -2.18. The fourth-order valence-electron chi connectivity index (χ4n) is 2.12. The first-order valence-electron chi connectivity index (χ1n) is 6.48. The van der Waals surface area contributed by atoms with E-state index in [-0.39, 0.29) is 0 Å². The Balaban J connectivity index is 2.69. The van der Waals surface area contributed by atoms with Crippen LogP contribution in [0.4, 0.5) is 0 Å². The highest BCUT2D eigenvalue weighted by Crippen LogP contribution is 2.26. The Hall–Kier alpha value is -0.0900. The van der Waals surface area contributed by atoms with Crippen LogP contribution < -0.4 is 5.32 Å². The van der Waals surface area contributed by atoms with Crippen LogP contribution in [-0.2, 0) is 0 Å². The summed E-state index contributed by atoms with van der Waals surface area (Å²) in [6.07, 6.45) is 3.85. The Morgan fingerprint density at radius 2 is 1.94 bits per heavy atom. The summed E-state index contributed by atoms with van der Waals surface area (Å²) in [7, 11) is 2.07. The zero-order valence-electron chi connectivity index (χ0n) is 11.4. The predicted molar refractivity (Wildman–Crippen MR) is 84.4 cm³/mol. The fourth-order valence-corrected chi connectivity index (χ4v) is 2.86. The van der Waals surface area contributed by atoms with E-state index in [4.69, 9.17) is 0 Å². The molecule has 0 spiro atoms. The molecule has 1 aromatic carbocycles. The molecule has 0 amide bonds. The van der Waals surface area contributed by atoms with Crippen molar-refractivity contribution in [3.05, 3.63) is 32.9 Å². The summed E-state index contributed by atoms with van der Waals surface area (Å²) in [4.78, 5) is 0. The molecule has 96 valence electrons. The van der Waals surface area contributed by atoms with E-state index in [1.54, 1.807) is 0 Å². The number of benzene rings is 1. The molecule has 0 aliphatic carbocycles. The minimum atomic E-state index is 0.501. The number of rotatable bonds is 6. The van der Waals surface area contributed by atoms with Crippen LogP contribution in [0.5, 0.6) is 0 Å². The number of hydrogen-bond donors (Lipinski definition) is 1. The monoisotopic (exact) mass is 345 g/mol. The second-order valence-corrected chi connectivity index (χ2v) is 6.22. The van der Waals surface area contributed by atoms with E-state index >= 15 is 0 Å². The maximum absolute atomic E-state index is 3.46. The minimum Gasteiger partial charge on any atom is -0.313 e. The Morgan fingerprint density at radius 3 is 2.53 bits per heavy atom. The zero-order chi connectivity index (χ0) is 12.8. The van der Waals surface area contributed by atoms with Crippen molar-refractivity contribution in [2.24, 2.45) is 5.92 Å². The molecule has 1 aromatic rings. The van der Waals surface area contributed by atoms with Crippen molar-refractivity contribution in [1.29, 1.82) is 0 Å². The zero-order valence-corrected chi connectivity index (χ0v) is 13.5. The minimum absolute atomic E-state index is 0.501. The van der Waals surface area contributed by atoms with E-state index in [1.165, 1.54) is 34.0 Å². The molecule has 0 saturated heterocycles. The van der Waals surface area contributed by atoms with Crippen molar-refractivity contribution in [2.45, 2.75) is 46.1 Å². The van der Waals surface area contributed by atoms with Gasteiger partial charge in [0.2, 0.25) is 0 Å². The fraction of sp³-hybridized carbons (Fsp3) is 0.600. The van der Waals surface area contributed by atoms with Crippen molar-refractivity contribution in [3.63, 3.8) is 0 Å². The molecule has 0 fully saturated rings. The number of aryl methyl sites for hydroxylation is 1. The molecule has 0 saturated carbocycles. The number of halogens is 1. The molecule has 17 heavy (non-hydrogen) atoms. The van der Waals surface area contributed by atoms with Crippen LogP contribution in [0.15, 0.2) is 18.2 Å². The molecule has 0 aromatic heterocycles. The van der Waals surface area contributed by atoms with Crippen LogP contribution in [0.3, 0.4) is 0 Å². The molecule has 1 nitrogen and oxygen atoms in total. The highest BCUT2D eigenvalue weighted by Gasteiger charge is 2.13. The van der Waals surface area contributed by atoms with Crippen molar-refractivity contribution in [3.8, 4) is 0 Å². The average Bonchev–Trinajstić information content (AvgIpc) is 2.28. The summed E-state index contributed by atoms with van der Waals surface area (Å²) in [5.41, 5.74) is 2.84. The summed E-state index contributed by atoms with van der Waals surface area (Å²) in [5, 5.41) is 3.46. The summed E-state index contributed by atoms with van der Waals surface area (Å²) in [5.74, 6) is 0.809. The molecule has 0 heterocycles. The SMILES string of the molecule is CNC(CCCC(C)C)c1cccc(C)c1I. The second kappa shape index (κ2) is 7.37. The quantitative estimate of drug-likeness (QED) is 0.738. The van der Waals surface area contributed by atoms with E-state index in [0.29, 0.717) is 6.04 Å². The number of nitrogens with one attached hydrogen (secondary N) is 1. The largest absolute Gasteiger partial charge is 0.313 e. The van der Waals surface area contributed by atoms with Crippen molar-refractivity contribution < 1.29 is 0 Å². The van der Waals surface area contributed by atoms with Crippen molar-refractivity contribution in [2.75, 3.05) is 7.05 Å². The van der Waals surface area contributed by atoms with Gasteiger partial charge in [0.25, 0.3) is 0 Å². The van der Waals surface area contributed by atoms with E-state index in [9.17, 15) is 0 Å². The first-order chi connectivity index (χ1) is 8.06. The summed E-state index contributed by atoms with van der Waals surface area (Å²) < 4.78 is 1.41. The van der Waals surface area contributed by atoms with Gasteiger partial charge in [-0.2, -0.15) is 0 Å². The third-order valence-electron chi connectivity index (χ3n) is 3.22. The van der Waals surface area contributed by atoms with Gasteiger partial charge in [-0.15, -0.1) is 0 Å². The normalized spacial score (nSPS) is 13.1. The predicted octanol–water partition coefficient (Wildman–Crippen LogP) is 4.69. The Labute approximate surface area is 120 Å². The van der Waals surface area contributed by atoms with Gasteiger partial charge >= 0.3 is 0 Å². The highest BCUT2D eigenvalue weighted by atomic mass is 127. The van der Waals surface area contributed by atoms with E-state index in [1.807, 2.05) is 0 Å². The van der Waals surface area contributed by atoms with Crippen molar-refractivity contribution in [1.82, 2.24) is 5.32 Å². The van der Waals surface area contributed by atoms with E-state index in [2.05, 4.69) is 73.9 Å². The third kappa shape index (κ3) is 4.59. The van der Waals surface area contributed by atoms with Crippen molar-refractivity contribution >= 4 is 22.6 Å². The molecule has 0 radical (unpaired) electrons. The standard InChI is InChI=1S/C15H24IN/c1-11(2)7-5-10-14(17-4)13-9-6-8-12(3)15(13)16/h6,8-9,11,14,17H,5,7,10H2,1-4H3. The summed E-state index contributed by atoms with van der Waals surface area (Å²) in [6, 6.07) is 7.11. The second-order valence-electron chi connectivity index (χ2n) is 5.14. The first kappa shape index (κ1) is 15.0. The average molecular weight is 345 g/mol. The lowest BCUT2D eigenvalue weighted by molar-refractivity contribution is 0.469. The third-order valence-corrected chi connectivity index (χ3v) is 4.69. The lowest BCUT2D eigenvalue weighted by atomic mass is 9.97. The van der Waals surface area contributed by atoms with Crippen LogP contribution in [0.25, 0.3) is 0 Å². The molecule has 1 unspecified atom stereocenters. The summed E-state index contributed by atoms with van der Waals surface area (Å²) in [6.45, 7) is 6.78. The molecule has 0 bridgehead atoms. The Morgan fingerprint density at radius 1 is 1.24 bits per heavy atom. The molecule has 0 aliphatic rings. The molecule has 1 atom stereocenters. The first-order valence-corrected chi connectivity index (χ1v) is 7.56. The Kier molecular flexibility index (Phi) is 6.49. The van der Waals surface area contributed by atoms with Crippen LogP contribution in [0.1, 0.15) is 50.3 Å². The topological polar surface area (TPSA) is 12.0 Å². The molecular weight excluding hydrogens is 321 g/mol. The molecule has 0 aliphatic heterocycles. The number of hydrogen-bond acceptors (Lipinski definition) is 1. The van der Waals surface area contributed by atoms with Crippen LogP contribution in [0.2, 0.25) is 0 Å². The van der Waals surface area contributed by atoms with Crippen LogP contribution in [0, 0.1) is 16.4 Å². The molecule has 2 heteroatoms. The van der Waals surface area contributed by atoms with Gasteiger partial charge in [-0.05, 0) is 60.0 Å². The van der Waals surface area contributed by atoms with Crippen LogP contribution >= 0.6 is 22.6 Å². The van der Waals surface area contributed by atoms with Gasteiger partial charge in [0.1, 0.15) is 0 Å². The summed E-state index contributed by atoms with van der Waals surface area (Å²) >= 11 is 2.47. The van der Waals surface area contributed by atoms with Crippen LogP contribution in [-0.4, -0.2) is 7.05 Å². The maximum Gasteiger partial charge on any atom is 0.0328 e. The highest BCUT2D eigenvalue weighted by molar-refractivity contribution is 14.1. The van der Waals surface area contributed by atoms with Gasteiger partial charge < -0.3 is 5.32 Å². The van der Waals surface area contributed by atoms with E-state index < -0.39 is 0 Å². The van der Waals surface area contributed by atoms with Gasteiger partial charge in [0.05, 0.1) is 0 Å². The Bertz CT molecular complexity index is 347. The lowest BCUT2D eigenvalue weighted by Gasteiger charge is -2.19.